The minimum Gasteiger partial charge on any atom is -0.493 e. The third kappa shape index (κ3) is 2.70. The fraction of sp³-hybridized carbons (Fsp3) is 0.538. The largest absolute Gasteiger partial charge is 0.493 e. The van der Waals surface area contributed by atoms with Gasteiger partial charge in [-0.2, -0.15) is 0 Å². The van der Waals surface area contributed by atoms with Crippen LogP contribution in [0.25, 0.3) is 0 Å². The second-order valence-electron chi connectivity index (χ2n) is 4.70. The lowest BCUT2D eigenvalue weighted by atomic mass is 9.98. The van der Waals surface area contributed by atoms with Crippen molar-refractivity contribution >= 4 is 0 Å². The quantitative estimate of drug-likeness (QED) is 0.867. The zero-order valence-electron chi connectivity index (χ0n) is 10.4. The van der Waals surface area contributed by atoms with E-state index in [9.17, 15) is 5.11 Å². The number of rotatable bonds is 4. The van der Waals surface area contributed by atoms with Gasteiger partial charge >= 0.3 is 0 Å². The van der Waals surface area contributed by atoms with Crippen LogP contribution in [0.15, 0.2) is 18.2 Å². The Balaban J connectivity index is 2.25. The van der Waals surface area contributed by atoms with Crippen molar-refractivity contribution in [2.24, 2.45) is 0 Å². The predicted molar refractivity (Wildman–Crippen MR) is 63.5 cm³/mol. The molecule has 1 aromatic rings. The molecule has 1 aromatic carbocycles. The second-order valence-corrected chi connectivity index (χ2v) is 4.70. The van der Waals surface area contributed by atoms with Gasteiger partial charge in [0.25, 0.3) is 0 Å². The van der Waals surface area contributed by atoms with E-state index in [0.29, 0.717) is 24.7 Å². The summed E-state index contributed by atoms with van der Waals surface area (Å²) in [7, 11) is 1.60. The molecule has 4 nitrogen and oxygen atoms in total. The average Bonchev–Trinajstić information content (AvgIpc) is 2.22. The summed E-state index contributed by atoms with van der Waals surface area (Å²) >= 11 is 0. The molecule has 0 bridgehead atoms. The second kappa shape index (κ2) is 4.55. The van der Waals surface area contributed by atoms with Crippen LogP contribution < -0.4 is 9.47 Å². The maximum absolute atomic E-state index is 9.96. The fourth-order valence-electron chi connectivity index (χ4n) is 1.61. The molecule has 4 heteroatoms. The molecule has 0 aliphatic carbocycles. The summed E-state index contributed by atoms with van der Waals surface area (Å²) in [5, 5.41) is 9.96. The Kier molecular flexibility index (Phi) is 3.26. The Bertz CT molecular complexity index is 391. The predicted octanol–water partition coefficient (Wildman–Crippen LogP) is 1.70. The lowest BCUT2D eigenvalue weighted by Crippen LogP contribution is -2.38. The maximum Gasteiger partial charge on any atom is 0.162 e. The zero-order chi connectivity index (χ0) is 12.5. The molecule has 2 rings (SSSR count). The Hall–Kier alpha value is -1.26. The molecule has 0 saturated carbocycles. The maximum atomic E-state index is 9.96. The van der Waals surface area contributed by atoms with Crippen molar-refractivity contribution in [3.63, 3.8) is 0 Å². The fourth-order valence-corrected chi connectivity index (χ4v) is 1.61. The van der Waals surface area contributed by atoms with Crippen LogP contribution in [0.2, 0.25) is 0 Å². The normalized spacial score (nSPS) is 16.5. The zero-order valence-corrected chi connectivity index (χ0v) is 10.4. The molecule has 1 N–H and O–H groups in total. The summed E-state index contributed by atoms with van der Waals surface area (Å²) in [4.78, 5) is 0. The number of benzene rings is 1. The van der Waals surface area contributed by atoms with Gasteiger partial charge in [-0.15, -0.1) is 0 Å². The summed E-state index contributed by atoms with van der Waals surface area (Å²) in [5.74, 6) is 1.32. The van der Waals surface area contributed by atoms with Crippen LogP contribution >= 0.6 is 0 Å². The summed E-state index contributed by atoms with van der Waals surface area (Å²) in [6, 6.07) is 5.46. The van der Waals surface area contributed by atoms with Gasteiger partial charge in [0.2, 0.25) is 0 Å². The molecule has 17 heavy (non-hydrogen) atoms. The first-order chi connectivity index (χ1) is 8.00. The molecule has 1 heterocycles. The topological polar surface area (TPSA) is 47.9 Å². The van der Waals surface area contributed by atoms with E-state index in [1.54, 1.807) is 21.0 Å². The van der Waals surface area contributed by atoms with Gasteiger partial charge in [0.1, 0.15) is 6.10 Å². The van der Waals surface area contributed by atoms with Gasteiger partial charge in [-0.1, -0.05) is 6.07 Å². The first-order valence-corrected chi connectivity index (χ1v) is 5.66. The first kappa shape index (κ1) is 12.2. The molecular weight excluding hydrogens is 220 g/mol. The third-order valence-corrected chi connectivity index (χ3v) is 2.77. The SMILES string of the molecule is COc1ccc(C(C)(C)O)cc1OC1COC1. The van der Waals surface area contributed by atoms with Gasteiger partial charge in [0, 0.05) is 0 Å². The number of methoxy groups -OCH3 is 1. The van der Waals surface area contributed by atoms with Crippen LogP contribution in [0.1, 0.15) is 19.4 Å². The molecule has 0 spiro atoms. The highest BCUT2D eigenvalue weighted by Crippen LogP contribution is 2.33. The van der Waals surface area contributed by atoms with Gasteiger partial charge < -0.3 is 19.3 Å². The molecule has 0 aromatic heterocycles. The van der Waals surface area contributed by atoms with Gasteiger partial charge in [-0.3, -0.25) is 0 Å². The van der Waals surface area contributed by atoms with Crippen LogP contribution in [0, 0.1) is 0 Å². The summed E-state index contributed by atoms with van der Waals surface area (Å²) < 4.78 is 16.0. The lowest BCUT2D eigenvalue weighted by molar-refractivity contribution is -0.0804. The van der Waals surface area contributed by atoms with Crippen LogP contribution in [-0.4, -0.2) is 31.5 Å². The number of hydrogen-bond acceptors (Lipinski definition) is 4. The highest BCUT2D eigenvalue weighted by atomic mass is 16.6. The monoisotopic (exact) mass is 238 g/mol. The third-order valence-electron chi connectivity index (χ3n) is 2.77. The average molecular weight is 238 g/mol. The molecule has 0 unspecified atom stereocenters. The summed E-state index contributed by atoms with van der Waals surface area (Å²) in [6.07, 6.45) is 0.0842. The molecule has 1 aliphatic heterocycles. The van der Waals surface area contributed by atoms with E-state index in [1.165, 1.54) is 0 Å². The van der Waals surface area contributed by atoms with E-state index in [-0.39, 0.29) is 6.10 Å². The van der Waals surface area contributed by atoms with Crippen molar-refractivity contribution in [1.29, 1.82) is 0 Å². The molecule has 1 aliphatic rings. The van der Waals surface area contributed by atoms with Crippen molar-refractivity contribution in [2.75, 3.05) is 20.3 Å². The molecule has 1 saturated heterocycles. The molecular formula is C13H18O4. The van der Waals surface area contributed by atoms with E-state index in [4.69, 9.17) is 14.2 Å². The number of ether oxygens (including phenoxy) is 3. The smallest absolute Gasteiger partial charge is 0.162 e. The minimum atomic E-state index is -0.888. The molecule has 1 fully saturated rings. The van der Waals surface area contributed by atoms with Crippen molar-refractivity contribution < 1.29 is 19.3 Å². The number of hydrogen-bond donors (Lipinski definition) is 1. The highest BCUT2D eigenvalue weighted by Gasteiger charge is 2.23. The Morgan fingerprint density at radius 2 is 2.00 bits per heavy atom. The van der Waals surface area contributed by atoms with Crippen LogP contribution in [0.4, 0.5) is 0 Å². The molecule has 0 radical (unpaired) electrons. The number of aliphatic hydroxyl groups is 1. The molecule has 0 amide bonds. The Morgan fingerprint density at radius 3 is 2.47 bits per heavy atom. The van der Waals surface area contributed by atoms with Crippen molar-refractivity contribution in [3.8, 4) is 11.5 Å². The van der Waals surface area contributed by atoms with E-state index < -0.39 is 5.60 Å². The van der Waals surface area contributed by atoms with Crippen molar-refractivity contribution in [3.05, 3.63) is 23.8 Å². The van der Waals surface area contributed by atoms with Gasteiger partial charge in [0.15, 0.2) is 11.5 Å². The van der Waals surface area contributed by atoms with Gasteiger partial charge in [-0.25, -0.2) is 0 Å². The van der Waals surface area contributed by atoms with E-state index in [0.717, 1.165) is 5.56 Å². The van der Waals surface area contributed by atoms with E-state index >= 15 is 0 Å². The van der Waals surface area contributed by atoms with E-state index in [1.807, 2.05) is 18.2 Å². The molecule has 0 atom stereocenters. The lowest BCUT2D eigenvalue weighted by Gasteiger charge is -2.28. The van der Waals surface area contributed by atoms with E-state index in [2.05, 4.69) is 0 Å². The van der Waals surface area contributed by atoms with Crippen LogP contribution in [0.3, 0.4) is 0 Å². The summed E-state index contributed by atoms with van der Waals surface area (Å²) in [5.41, 5.74) is -0.0888. The van der Waals surface area contributed by atoms with Crippen LogP contribution in [0.5, 0.6) is 11.5 Å². The standard InChI is InChI=1S/C13H18O4/c1-13(2,14)9-4-5-11(15-3)12(6-9)17-10-7-16-8-10/h4-6,10,14H,7-8H2,1-3H3. The summed E-state index contributed by atoms with van der Waals surface area (Å²) in [6.45, 7) is 4.70. The van der Waals surface area contributed by atoms with Crippen molar-refractivity contribution in [2.45, 2.75) is 25.6 Å². The first-order valence-electron chi connectivity index (χ1n) is 5.66. The van der Waals surface area contributed by atoms with Crippen LogP contribution in [-0.2, 0) is 10.3 Å². The highest BCUT2D eigenvalue weighted by molar-refractivity contribution is 5.44. The Morgan fingerprint density at radius 1 is 1.29 bits per heavy atom. The Labute approximate surface area is 101 Å². The van der Waals surface area contributed by atoms with Crippen molar-refractivity contribution in [1.82, 2.24) is 0 Å². The molecule has 94 valence electrons. The van der Waals surface area contributed by atoms with Gasteiger partial charge in [0.05, 0.1) is 25.9 Å². The minimum absolute atomic E-state index is 0.0842. The van der Waals surface area contributed by atoms with Gasteiger partial charge in [-0.05, 0) is 31.5 Å².